The molecule has 0 amide bonds. The summed E-state index contributed by atoms with van der Waals surface area (Å²) in [6.07, 6.45) is 16.7. The second kappa shape index (κ2) is 10.4. The predicted molar refractivity (Wildman–Crippen MR) is 182 cm³/mol. The molecule has 5 atom stereocenters. The third-order valence-corrected chi connectivity index (χ3v) is 12.7. The minimum absolute atomic E-state index is 0.193. The number of rotatable bonds is 7. The van der Waals surface area contributed by atoms with E-state index in [0.717, 1.165) is 17.8 Å². The van der Waals surface area contributed by atoms with Crippen LogP contribution in [0.15, 0.2) is 110 Å². The van der Waals surface area contributed by atoms with Gasteiger partial charge in [-0.05, 0) is 136 Å². The number of nitrogens with one attached hydrogen (secondary N) is 2. The molecule has 4 heteroatoms. The zero-order valence-electron chi connectivity index (χ0n) is 24.1. The van der Waals surface area contributed by atoms with E-state index >= 15 is 0 Å². The Labute approximate surface area is 254 Å². The number of H-pyrrole nitrogens is 2. The van der Waals surface area contributed by atoms with Crippen molar-refractivity contribution < 1.29 is 0 Å². The Balaban J connectivity index is 1.48. The van der Waals surface area contributed by atoms with E-state index in [4.69, 9.17) is 0 Å². The fourth-order valence-corrected chi connectivity index (χ4v) is 11.1. The molecule has 0 saturated heterocycles. The molecule has 9 rings (SSSR count). The van der Waals surface area contributed by atoms with Crippen LogP contribution in [0.25, 0.3) is 22.3 Å². The summed E-state index contributed by atoms with van der Waals surface area (Å²) in [6, 6.07) is 31.9. The number of hydrogen-bond donors (Lipinski definition) is 2. The molecule has 2 aromatic heterocycles. The molecule has 4 aliphatic carbocycles. The molecule has 2 nitrogen and oxygen atoms in total. The number of hydrogen-bond acceptors (Lipinski definition) is 0. The van der Waals surface area contributed by atoms with Crippen LogP contribution in [0.5, 0.6) is 0 Å². The first-order chi connectivity index (χ1) is 20.6. The third-order valence-electron chi connectivity index (χ3n) is 11.2. The largest absolute Gasteiger partial charge is 0.367 e. The Morgan fingerprint density at radius 3 is 1.76 bits per heavy atom. The quantitative estimate of drug-likeness (QED) is 0.178. The van der Waals surface area contributed by atoms with Crippen molar-refractivity contribution >= 4 is 18.5 Å². The summed E-state index contributed by atoms with van der Waals surface area (Å²) in [7, 11) is 6.55. The summed E-state index contributed by atoms with van der Waals surface area (Å²) in [6.45, 7) is 0. The summed E-state index contributed by atoms with van der Waals surface area (Å²) in [4.78, 5) is 6.80. The van der Waals surface area contributed by atoms with Crippen molar-refractivity contribution in [3.8, 4) is 22.3 Å². The van der Waals surface area contributed by atoms with Crippen LogP contribution < -0.4 is 0 Å². The molecule has 5 unspecified atom stereocenters. The van der Waals surface area contributed by atoms with Crippen LogP contribution >= 0.6 is 18.5 Å². The maximum Gasteiger partial charge on any atom is 0.0624 e. The molecule has 0 spiro atoms. The smallest absolute Gasteiger partial charge is 0.0624 e. The van der Waals surface area contributed by atoms with Gasteiger partial charge in [-0.1, -0.05) is 60.7 Å². The summed E-state index contributed by atoms with van der Waals surface area (Å²) in [5.41, 5.74) is 11.0. The molecule has 4 saturated carbocycles. The van der Waals surface area contributed by atoms with Gasteiger partial charge in [-0.3, -0.25) is 0 Å². The molecule has 4 bridgehead atoms. The van der Waals surface area contributed by atoms with E-state index in [2.05, 4.69) is 138 Å². The lowest BCUT2D eigenvalue weighted by Gasteiger charge is -2.62. The van der Waals surface area contributed by atoms with E-state index in [-0.39, 0.29) is 10.6 Å². The topological polar surface area (TPSA) is 31.6 Å². The van der Waals surface area contributed by atoms with E-state index in [0.29, 0.717) is 5.92 Å². The maximum atomic E-state index is 3.40. The second-order valence-electron chi connectivity index (χ2n) is 13.3. The molecule has 3 aromatic carbocycles. The molecule has 5 aromatic rings. The second-order valence-corrected chi connectivity index (χ2v) is 14.6. The Morgan fingerprint density at radius 2 is 1.26 bits per heavy atom. The first-order valence-corrected chi connectivity index (χ1v) is 17.0. The Morgan fingerprint density at radius 1 is 0.714 bits per heavy atom. The first-order valence-electron chi connectivity index (χ1n) is 15.7. The van der Waals surface area contributed by atoms with Crippen molar-refractivity contribution in [2.75, 3.05) is 6.16 Å². The highest BCUT2D eigenvalue weighted by Gasteiger charge is 2.58. The molecule has 42 heavy (non-hydrogen) atoms. The van der Waals surface area contributed by atoms with Crippen LogP contribution in [-0.4, -0.2) is 16.1 Å². The Hall–Kier alpha value is -2.92. The van der Waals surface area contributed by atoms with Gasteiger partial charge in [0.05, 0.1) is 5.16 Å². The van der Waals surface area contributed by atoms with E-state index < -0.39 is 0 Å². The maximum absolute atomic E-state index is 3.40. The van der Waals surface area contributed by atoms with Gasteiger partial charge in [0.1, 0.15) is 0 Å². The monoisotopic (exact) mass is 586 g/mol. The molecule has 2 N–H and O–H groups in total. The van der Waals surface area contributed by atoms with Crippen molar-refractivity contribution in [2.45, 2.75) is 42.7 Å². The highest BCUT2D eigenvalue weighted by Crippen LogP contribution is 2.66. The highest BCUT2D eigenvalue weighted by atomic mass is 31.0. The molecule has 0 radical (unpaired) electrons. The lowest BCUT2D eigenvalue weighted by Crippen LogP contribution is -2.56. The highest BCUT2D eigenvalue weighted by molar-refractivity contribution is 7.19. The van der Waals surface area contributed by atoms with Crippen LogP contribution in [-0.2, 0) is 10.6 Å². The van der Waals surface area contributed by atoms with Gasteiger partial charge >= 0.3 is 0 Å². The standard InChI is InChI=1S/C38H40N2P2/c41-24-36-29-16-25-15-26(17-29)21-37(36,20-25)34-18-32(27-7-3-1-4-8-27)33(28-9-5-2-6-10-28)19-35(34)38(42,30-11-13-39-22-30)31-12-14-40-23-31/h1-14,18-19,22-23,25-26,29,36,39-40H,15-17,20-21,24,41-42H2. The van der Waals surface area contributed by atoms with Crippen molar-refractivity contribution in [1.29, 1.82) is 0 Å². The van der Waals surface area contributed by atoms with E-state index in [1.807, 2.05) is 0 Å². The molecule has 0 aliphatic heterocycles. The zero-order chi connectivity index (χ0) is 28.3. The van der Waals surface area contributed by atoms with Gasteiger partial charge < -0.3 is 9.97 Å². The minimum atomic E-state index is -0.386. The molecular formula is C38H40N2P2. The Bertz CT molecular complexity index is 1630. The van der Waals surface area contributed by atoms with Crippen molar-refractivity contribution in [2.24, 2.45) is 23.7 Å². The third kappa shape index (κ3) is 4.06. The van der Waals surface area contributed by atoms with E-state index in [1.54, 1.807) is 5.56 Å². The fourth-order valence-electron chi connectivity index (χ4n) is 9.65. The lowest BCUT2D eigenvalue weighted by atomic mass is 9.43. The zero-order valence-corrected chi connectivity index (χ0v) is 26.4. The van der Waals surface area contributed by atoms with Crippen LogP contribution in [0.2, 0.25) is 0 Å². The van der Waals surface area contributed by atoms with Gasteiger partial charge in [-0.15, -0.1) is 18.5 Å². The van der Waals surface area contributed by atoms with Crippen LogP contribution in [0.4, 0.5) is 0 Å². The Kier molecular flexibility index (Phi) is 6.58. The number of aromatic amines is 2. The van der Waals surface area contributed by atoms with Crippen LogP contribution in [0.3, 0.4) is 0 Å². The summed E-state index contributed by atoms with van der Waals surface area (Å²) in [5.74, 6) is 3.26. The van der Waals surface area contributed by atoms with Crippen molar-refractivity contribution in [3.05, 3.63) is 132 Å². The molecule has 2 heterocycles. The average Bonchev–Trinajstić information content (AvgIpc) is 3.77. The minimum Gasteiger partial charge on any atom is -0.367 e. The van der Waals surface area contributed by atoms with Gasteiger partial charge in [-0.2, -0.15) is 0 Å². The first kappa shape index (κ1) is 26.7. The van der Waals surface area contributed by atoms with Gasteiger partial charge in [0.15, 0.2) is 0 Å². The SMILES string of the molecule is PCC1C2CC3CC(C2)CC1(c1cc(-c2ccccc2)c(-c2ccccc2)cc1C(P)(c1cc[nH]c1)c1cc[nH]c1)C3. The lowest BCUT2D eigenvalue weighted by molar-refractivity contribution is -0.0521. The van der Waals surface area contributed by atoms with Gasteiger partial charge in [-0.25, -0.2) is 0 Å². The molecule has 4 fully saturated rings. The number of aromatic nitrogens is 2. The molecule has 212 valence electrons. The normalized spacial score (nSPS) is 26.5. The van der Waals surface area contributed by atoms with Crippen LogP contribution in [0, 0.1) is 23.7 Å². The average molecular weight is 587 g/mol. The van der Waals surface area contributed by atoms with Gasteiger partial charge in [0, 0.05) is 24.8 Å². The van der Waals surface area contributed by atoms with Crippen molar-refractivity contribution in [3.63, 3.8) is 0 Å². The summed E-state index contributed by atoms with van der Waals surface area (Å²) in [5, 5.41) is -0.386. The van der Waals surface area contributed by atoms with Gasteiger partial charge in [0.25, 0.3) is 0 Å². The van der Waals surface area contributed by atoms with Crippen molar-refractivity contribution in [1.82, 2.24) is 9.97 Å². The molecule has 4 aliphatic rings. The van der Waals surface area contributed by atoms with Crippen LogP contribution in [0.1, 0.15) is 54.4 Å². The predicted octanol–water partition coefficient (Wildman–Crippen LogP) is 9.41. The van der Waals surface area contributed by atoms with E-state index in [1.165, 1.54) is 77.2 Å². The fraction of sp³-hybridized carbons (Fsp3) is 0.316. The van der Waals surface area contributed by atoms with E-state index in [9.17, 15) is 0 Å². The van der Waals surface area contributed by atoms with Gasteiger partial charge in [0.2, 0.25) is 0 Å². The molecular weight excluding hydrogens is 546 g/mol. The summed E-state index contributed by atoms with van der Waals surface area (Å²) >= 11 is 0. The number of benzene rings is 3. The summed E-state index contributed by atoms with van der Waals surface area (Å²) < 4.78 is 0.